The second-order valence-corrected chi connectivity index (χ2v) is 7.68. The predicted molar refractivity (Wildman–Crippen MR) is 31.8 cm³/mol. The first-order valence-corrected chi connectivity index (χ1v) is 9.51. The molecule has 0 amide bonds. The zero-order valence-electron chi connectivity index (χ0n) is 4.09. The van der Waals surface area contributed by atoms with Crippen molar-refractivity contribution in [3.05, 3.63) is 21.5 Å². The Hall–Kier alpha value is 0.202. The Morgan fingerprint density at radius 2 is 2.57 bits per heavy atom. The van der Waals surface area contributed by atoms with Crippen molar-refractivity contribution in [3.8, 4) is 0 Å². The molecule has 0 saturated heterocycles. The van der Waals surface area contributed by atoms with E-state index in [1.807, 2.05) is 3.64 Å². The average Bonchev–Trinajstić information content (AvgIpc) is 1.69. The fourth-order valence-corrected chi connectivity index (χ4v) is 4.32. The molecule has 7 heavy (non-hydrogen) atoms. The van der Waals surface area contributed by atoms with E-state index in [2.05, 4.69) is 6.08 Å². The summed E-state index contributed by atoms with van der Waals surface area (Å²) >= 11 is -0.654. The van der Waals surface area contributed by atoms with Gasteiger partial charge in [0.2, 0.25) is 0 Å². The normalized spacial score (nSPS) is 18.0. The SMILES string of the molecule is OC1=[CH][TlH][CH2]C=C1. The molecule has 0 aromatic heterocycles. The average molecular weight is 287 g/mol. The topological polar surface area (TPSA) is 20.2 Å². The van der Waals surface area contributed by atoms with Crippen LogP contribution in [0.5, 0.6) is 0 Å². The summed E-state index contributed by atoms with van der Waals surface area (Å²) in [7, 11) is 0. The molecular formula is C5H7OTl. The van der Waals surface area contributed by atoms with Crippen LogP contribution in [0.1, 0.15) is 0 Å². The zero-order valence-corrected chi connectivity index (χ0v) is 9.59. The maximum absolute atomic E-state index is 8.74. The third-order valence-electron chi connectivity index (χ3n) is 0.975. The van der Waals surface area contributed by atoms with Crippen LogP contribution in [0.25, 0.3) is 0 Å². The van der Waals surface area contributed by atoms with E-state index in [9.17, 15) is 0 Å². The Morgan fingerprint density at radius 3 is 2.86 bits per heavy atom. The van der Waals surface area contributed by atoms with E-state index in [0.29, 0.717) is 5.76 Å². The van der Waals surface area contributed by atoms with Gasteiger partial charge in [0.1, 0.15) is 0 Å². The van der Waals surface area contributed by atoms with Gasteiger partial charge in [-0.2, -0.15) is 0 Å². The Bertz CT molecular complexity index is 115. The molecule has 1 aliphatic rings. The molecule has 1 nitrogen and oxygen atoms in total. The Kier molecular flexibility index (Phi) is 1.90. The van der Waals surface area contributed by atoms with E-state index in [1.54, 1.807) is 6.08 Å². The van der Waals surface area contributed by atoms with Crippen molar-refractivity contribution in [3.63, 3.8) is 0 Å². The number of aliphatic hydroxyl groups is 1. The first-order valence-electron chi connectivity index (χ1n) is 2.45. The van der Waals surface area contributed by atoms with Crippen LogP contribution >= 0.6 is 0 Å². The first-order chi connectivity index (χ1) is 3.39. The molecule has 36 valence electrons. The Morgan fingerprint density at radius 1 is 1.71 bits per heavy atom. The molecule has 0 unspecified atom stereocenters. The summed E-state index contributed by atoms with van der Waals surface area (Å²) in [6.45, 7) is 0. The van der Waals surface area contributed by atoms with Gasteiger partial charge >= 0.3 is 54.9 Å². The van der Waals surface area contributed by atoms with Crippen LogP contribution in [0.4, 0.5) is 0 Å². The molecule has 0 aromatic rings. The number of aliphatic hydroxyl groups excluding tert-OH is 1. The number of rotatable bonds is 0. The summed E-state index contributed by atoms with van der Waals surface area (Å²) in [4.78, 5) is 0. The van der Waals surface area contributed by atoms with Crippen molar-refractivity contribution < 1.29 is 5.11 Å². The summed E-state index contributed by atoms with van der Waals surface area (Å²) in [6, 6.07) is 0. The van der Waals surface area contributed by atoms with E-state index in [1.165, 1.54) is 3.98 Å². The van der Waals surface area contributed by atoms with Crippen LogP contribution in [-0.4, -0.2) is 29.3 Å². The van der Waals surface area contributed by atoms with Crippen LogP contribution in [-0.2, 0) is 0 Å². The minimum atomic E-state index is -0.654. The van der Waals surface area contributed by atoms with E-state index < -0.39 is 24.2 Å². The van der Waals surface area contributed by atoms with Gasteiger partial charge in [-0.05, 0) is 0 Å². The molecule has 0 bridgehead atoms. The molecule has 1 rings (SSSR count). The number of hydrogen-bond acceptors (Lipinski definition) is 1. The van der Waals surface area contributed by atoms with Crippen LogP contribution in [0.2, 0.25) is 3.98 Å². The van der Waals surface area contributed by atoms with Crippen molar-refractivity contribution >= 4 is 24.2 Å². The second-order valence-electron chi connectivity index (χ2n) is 1.61. The molecule has 1 aliphatic heterocycles. The fourth-order valence-electron chi connectivity index (χ4n) is 0.600. The van der Waals surface area contributed by atoms with Crippen molar-refractivity contribution in [2.45, 2.75) is 3.98 Å². The molecule has 0 fully saturated rings. The number of allylic oxidation sites excluding steroid dienone is 2. The van der Waals surface area contributed by atoms with E-state index >= 15 is 0 Å². The van der Waals surface area contributed by atoms with Crippen LogP contribution in [0.3, 0.4) is 0 Å². The van der Waals surface area contributed by atoms with Crippen LogP contribution < -0.4 is 0 Å². The van der Waals surface area contributed by atoms with Gasteiger partial charge in [-0.1, -0.05) is 0 Å². The van der Waals surface area contributed by atoms with Crippen molar-refractivity contribution in [2.75, 3.05) is 0 Å². The standard InChI is InChI=1S/C5H6O.Tl.H/c1-3-4-5(2)6;;/h2-4,6H,1H2;;. The summed E-state index contributed by atoms with van der Waals surface area (Å²) in [5.41, 5.74) is 0. The quantitative estimate of drug-likeness (QED) is 0.654. The molecule has 1 heterocycles. The van der Waals surface area contributed by atoms with Gasteiger partial charge in [-0.25, -0.2) is 0 Å². The van der Waals surface area contributed by atoms with Gasteiger partial charge in [0.25, 0.3) is 0 Å². The van der Waals surface area contributed by atoms with E-state index in [0.717, 1.165) is 0 Å². The monoisotopic (exact) mass is 288 g/mol. The van der Waals surface area contributed by atoms with Gasteiger partial charge in [-0.3, -0.25) is 0 Å². The third-order valence-corrected chi connectivity index (χ3v) is 6.32. The van der Waals surface area contributed by atoms with Gasteiger partial charge in [0, 0.05) is 0 Å². The summed E-state index contributed by atoms with van der Waals surface area (Å²) < 4.78 is 3.34. The van der Waals surface area contributed by atoms with Crippen LogP contribution in [0, 0.1) is 0 Å². The van der Waals surface area contributed by atoms with Gasteiger partial charge in [0.05, 0.1) is 0 Å². The van der Waals surface area contributed by atoms with Gasteiger partial charge in [-0.15, -0.1) is 0 Å². The summed E-state index contributed by atoms with van der Waals surface area (Å²) in [5, 5.41) is 8.74. The van der Waals surface area contributed by atoms with Crippen molar-refractivity contribution in [2.24, 2.45) is 0 Å². The molecule has 0 spiro atoms. The molecule has 0 saturated carbocycles. The summed E-state index contributed by atoms with van der Waals surface area (Å²) in [6.07, 6.45) is 3.85. The second kappa shape index (κ2) is 2.49. The number of hydrogen-bond donors (Lipinski definition) is 1. The molecule has 0 radical (unpaired) electrons. The molecule has 2 heteroatoms. The predicted octanol–water partition coefficient (Wildman–Crippen LogP) is 0.810. The summed E-state index contributed by atoms with van der Waals surface area (Å²) in [5.74, 6) is 0.507. The minimum absolute atomic E-state index is 0.507. The van der Waals surface area contributed by atoms with Gasteiger partial charge < -0.3 is 0 Å². The van der Waals surface area contributed by atoms with Gasteiger partial charge in [0.15, 0.2) is 0 Å². The molecular weight excluding hydrogens is 280 g/mol. The molecule has 0 aromatic carbocycles. The zero-order chi connectivity index (χ0) is 5.11. The molecule has 0 aliphatic carbocycles. The van der Waals surface area contributed by atoms with Crippen molar-refractivity contribution in [1.29, 1.82) is 0 Å². The Labute approximate surface area is 54.9 Å². The van der Waals surface area contributed by atoms with E-state index in [4.69, 9.17) is 5.11 Å². The first kappa shape index (κ1) is 5.34. The Balaban J connectivity index is 2.58. The van der Waals surface area contributed by atoms with Crippen LogP contribution in [0.15, 0.2) is 21.5 Å². The maximum atomic E-state index is 8.74. The molecule has 1 N–H and O–H groups in total. The fraction of sp³-hybridized carbons (Fsp3) is 0.200. The van der Waals surface area contributed by atoms with E-state index in [-0.39, 0.29) is 0 Å². The third kappa shape index (κ3) is 1.63. The van der Waals surface area contributed by atoms with Crippen molar-refractivity contribution in [1.82, 2.24) is 0 Å². The molecule has 0 atom stereocenters.